The van der Waals surface area contributed by atoms with Gasteiger partial charge in [0.1, 0.15) is 5.60 Å². The van der Waals surface area contributed by atoms with Crippen LogP contribution >= 0.6 is 0 Å². The summed E-state index contributed by atoms with van der Waals surface area (Å²) in [7, 11) is 0. The Hall–Kier alpha value is -1.67. The first-order valence-electron chi connectivity index (χ1n) is 11.3. The molecule has 7 heteroatoms. The predicted molar refractivity (Wildman–Crippen MR) is 119 cm³/mol. The lowest BCUT2D eigenvalue weighted by Crippen LogP contribution is -2.38. The van der Waals surface area contributed by atoms with Gasteiger partial charge in [0.05, 0.1) is 46.2 Å². The molecule has 0 unspecified atom stereocenters. The van der Waals surface area contributed by atoms with E-state index in [0.29, 0.717) is 58.8 Å². The minimum atomic E-state index is -0.466. The molecule has 0 radical (unpaired) electrons. The number of hydrogen-bond acceptors (Lipinski definition) is 6. The molecule has 7 nitrogen and oxygen atoms in total. The molecule has 1 aliphatic rings. The molecule has 176 valence electrons. The van der Waals surface area contributed by atoms with E-state index in [1.807, 2.05) is 51.1 Å². The molecule has 2 atom stereocenters. The Morgan fingerprint density at radius 3 is 2.16 bits per heavy atom. The predicted octanol–water partition coefficient (Wildman–Crippen LogP) is 3.95. The molecule has 0 saturated heterocycles. The molecule has 0 spiro atoms. The molecule has 1 aromatic rings. The van der Waals surface area contributed by atoms with Crippen molar-refractivity contribution in [2.24, 2.45) is 5.92 Å². The molecule has 1 amide bonds. The van der Waals surface area contributed by atoms with Gasteiger partial charge in [-0.2, -0.15) is 0 Å². The third-order valence-corrected chi connectivity index (χ3v) is 4.84. The van der Waals surface area contributed by atoms with Crippen LogP contribution in [-0.4, -0.2) is 64.0 Å². The third kappa shape index (κ3) is 12.7. The van der Waals surface area contributed by atoms with Crippen molar-refractivity contribution in [2.45, 2.75) is 58.3 Å². The standard InChI is InChI=1S/C24H39NO6/c1-24(2,3)31-23(26)25-22-10-9-21(17-22)19-30-16-14-28-12-11-27-13-15-29-18-20-7-5-4-6-8-20/h4-8,21-22H,9-19H2,1-3H3,(H,25,26)/t21-,22-/m1/s1. The maximum Gasteiger partial charge on any atom is 0.407 e. The van der Waals surface area contributed by atoms with Crippen LogP contribution in [0.25, 0.3) is 0 Å². The average Bonchev–Trinajstić information content (AvgIpc) is 3.15. The Labute approximate surface area is 186 Å². The van der Waals surface area contributed by atoms with Crippen LogP contribution in [0.3, 0.4) is 0 Å². The van der Waals surface area contributed by atoms with Crippen LogP contribution in [0.5, 0.6) is 0 Å². The fraction of sp³-hybridized carbons (Fsp3) is 0.708. The highest BCUT2D eigenvalue weighted by Gasteiger charge is 2.27. The van der Waals surface area contributed by atoms with Crippen molar-refractivity contribution < 1.29 is 28.5 Å². The number of carbonyl (C=O) groups excluding carboxylic acids is 1. The van der Waals surface area contributed by atoms with Gasteiger partial charge < -0.3 is 29.0 Å². The zero-order valence-electron chi connectivity index (χ0n) is 19.3. The quantitative estimate of drug-likeness (QED) is 0.444. The van der Waals surface area contributed by atoms with Crippen LogP contribution < -0.4 is 5.32 Å². The maximum absolute atomic E-state index is 11.8. The van der Waals surface area contributed by atoms with Gasteiger partial charge in [-0.3, -0.25) is 0 Å². The van der Waals surface area contributed by atoms with Crippen LogP contribution in [0.4, 0.5) is 4.79 Å². The second kappa shape index (κ2) is 14.4. The normalized spacial score (nSPS) is 18.8. The Balaban J connectivity index is 1.35. The topological polar surface area (TPSA) is 75.3 Å². The second-order valence-electron chi connectivity index (χ2n) is 8.86. The summed E-state index contributed by atoms with van der Waals surface area (Å²) in [6, 6.07) is 10.3. The van der Waals surface area contributed by atoms with Crippen LogP contribution in [0.1, 0.15) is 45.6 Å². The van der Waals surface area contributed by atoms with Crippen molar-refractivity contribution in [3.05, 3.63) is 35.9 Å². The minimum absolute atomic E-state index is 0.175. The van der Waals surface area contributed by atoms with Gasteiger partial charge >= 0.3 is 6.09 Å². The summed E-state index contributed by atoms with van der Waals surface area (Å²) >= 11 is 0. The lowest BCUT2D eigenvalue weighted by molar-refractivity contribution is -0.00769. The molecule has 1 aromatic carbocycles. The van der Waals surface area contributed by atoms with Crippen molar-refractivity contribution in [3.63, 3.8) is 0 Å². The van der Waals surface area contributed by atoms with Gasteiger partial charge in [-0.15, -0.1) is 0 Å². The van der Waals surface area contributed by atoms with Gasteiger partial charge in [-0.05, 0) is 51.5 Å². The van der Waals surface area contributed by atoms with Crippen molar-refractivity contribution in [1.29, 1.82) is 0 Å². The summed E-state index contributed by atoms with van der Waals surface area (Å²) in [5, 5.41) is 2.95. The molecule has 0 bridgehead atoms. The Bertz CT molecular complexity index is 604. The van der Waals surface area contributed by atoms with Gasteiger partial charge in [-0.1, -0.05) is 30.3 Å². The van der Waals surface area contributed by atoms with E-state index in [9.17, 15) is 4.79 Å². The van der Waals surface area contributed by atoms with Crippen LogP contribution in [0.15, 0.2) is 30.3 Å². The van der Waals surface area contributed by atoms with Crippen molar-refractivity contribution in [1.82, 2.24) is 5.32 Å². The van der Waals surface area contributed by atoms with Gasteiger partial charge in [0.2, 0.25) is 0 Å². The highest BCUT2D eigenvalue weighted by atomic mass is 16.6. The number of rotatable bonds is 14. The first kappa shape index (κ1) is 25.6. The largest absolute Gasteiger partial charge is 0.444 e. The van der Waals surface area contributed by atoms with Gasteiger partial charge in [0.15, 0.2) is 0 Å². The Morgan fingerprint density at radius 2 is 1.52 bits per heavy atom. The first-order chi connectivity index (χ1) is 14.9. The highest BCUT2D eigenvalue weighted by molar-refractivity contribution is 5.68. The van der Waals surface area contributed by atoms with Crippen LogP contribution in [0, 0.1) is 5.92 Å². The fourth-order valence-electron chi connectivity index (χ4n) is 3.40. The molecule has 1 saturated carbocycles. The Kier molecular flexibility index (Phi) is 11.9. The summed E-state index contributed by atoms with van der Waals surface area (Å²) in [6.45, 7) is 10.3. The molecule has 2 rings (SSSR count). The molecule has 31 heavy (non-hydrogen) atoms. The van der Waals surface area contributed by atoms with Crippen molar-refractivity contribution in [3.8, 4) is 0 Å². The second-order valence-corrected chi connectivity index (χ2v) is 8.86. The lowest BCUT2D eigenvalue weighted by atomic mass is 10.1. The van der Waals surface area contributed by atoms with E-state index in [-0.39, 0.29) is 12.1 Å². The molecule has 1 aliphatic carbocycles. The number of carbonyl (C=O) groups is 1. The highest BCUT2D eigenvalue weighted by Crippen LogP contribution is 2.26. The smallest absolute Gasteiger partial charge is 0.407 e. The van der Waals surface area contributed by atoms with E-state index in [1.54, 1.807) is 0 Å². The van der Waals surface area contributed by atoms with E-state index < -0.39 is 5.60 Å². The van der Waals surface area contributed by atoms with Crippen molar-refractivity contribution in [2.75, 3.05) is 46.2 Å². The fourth-order valence-corrected chi connectivity index (χ4v) is 3.40. The van der Waals surface area contributed by atoms with E-state index in [4.69, 9.17) is 23.7 Å². The zero-order chi connectivity index (χ0) is 22.4. The van der Waals surface area contributed by atoms with E-state index in [1.165, 1.54) is 5.56 Å². The van der Waals surface area contributed by atoms with Gasteiger partial charge in [-0.25, -0.2) is 4.79 Å². The van der Waals surface area contributed by atoms with Crippen LogP contribution in [0.2, 0.25) is 0 Å². The lowest BCUT2D eigenvalue weighted by Gasteiger charge is -2.21. The van der Waals surface area contributed by atoms with Crippen molar-refractivity contribution >= 4 is 6.09 Å². The molecular weight excluding hydrogens is 398 g/mol. The molecule has 1 fully saturated rings. The SMILES string of the molecule is CC(C)(C)OC(=O)N[C@@H]1CC[C@@H](COCCOCCOCCOCc2ccccc2)C1. The third-order valence-electron chi connectivity index (χ3n) is 4.84. The monoisotopic (exact) mass is 437 g/mol. The number of ether oxygens (including phenoxy) is 5. The Morgan fingerprint density at radius 1 is 0.903 bits per heavy atom. The summed E-state index contributed by atoms with van der Waals surface area (Å²) in [6.07, 6.45) is 2.62. The number of hydrogen-bond donors (Lipinski definition) is 1. The first-order valence-corrected chi connectivity index (χ1v) is 11.3. The number of nitrogens with one attached hydrogen (secondary N) is 1. The number of alkyl carbamates (subject to hydrolysis) is 1. The molecule has 0 aromatic heterocycles. The summed E-state index contributed by atoms with van der Waals surface area (Å²) < 4.78 is 27.6. The minimum Gasteiger partial charge on any atom is -0.444 e. The maximum atomic E-state index is 11.8. The molecular formula is C24H39NO6. The van der Waals surface area contributed by atoms with E-state index >= 15 is 0 Å². The molecule has 0 aliphatic heterocycles. The molecule has 1 N–H and O–H groups in total. The van der Waals surface area contributed by atoms with E-state index in [0.717, 1.165) is 19.3 Å². The van der Waals surface area contributed by atoms with Gasteiger partial charge in [0, 0.05) is 12.6 Å². The van der Waals surface area contributed by atoms with E-state index in [2.05, 4.69) is 5.32 Å². The zero-order valence-corrected chi connectivity index (χ0v) is 19.3. The average molecular weight is 438 g/mol. The summed E-state index contributed by atoms with van der Waals surface area (Å²) in [4.78, 5) is 11.8. The van der Waals surface area contributed by atoms with Gasteiger partial charge in [0.25, 0.3) is 0 Å². The summed E-state index contributed by atoms with van der Waals surface area (Å²) in [5.41, 5.74) is 0.699. The number of benzene rings is 1. The van der Waals surface area contributed by atoms with Crippen LogP contribution in [-0.2, 0) is 30.3 Å². The molecule has 0 heterocycles. The summed E-state index contributed by atoms with van der Waals surface area (Å²) in [5.74, 6) is 0.471. The number of amides is 1.